The van der Waals surface area contributed by atoms with Gasteiger partial charge >= 0.3 is 0 Å². The number of pyridine rings is 1. The number of hydrogen-bond acceptors (Lipinski definition) is 5. The van der Waals surface area contributed by atoms with Crippen molar-refractivity contribution in [3.05, 3.63) is 71.6 Å². The van der Waals surface area contributed by atoms with E-state index in [1.165, 1.54) is 17.7 Å². The number of aryl methyl sites for hydroxylation is 2. The van der Waals surface area contributed by atoms with Crippen molar-refractivity contribution >= 4 is 16.6 Å². The Bertz CT molecular complexity index is 1310. The average molecular weight is 488 g/mol. The number of benzene rings is 1. The van der Waals surface area contributed by atoms with Gasteiger partial charge in [0.05, 0.1) is 30.2 Å². The Kier molecular flexibility index (Phi) is 8.62. The lowest BCUT2D eigenvalue weighted by molar-refractivity contribution is 0.417. The van der Waals surface area contributed by atoms with Crippen LogP contribution in [0.25, 0.3) is 22.0 Å². The lowest BCUT2D eigenvalue weighted by Crippen LogP contribution is -2.26. The Labute approximate surface area is 216 Å². The number of ether oxygens (including phenoxy) is 1. The predicted octanol–water partition coefficient (Wildman–Crippen LogP) is 7.22. The van der Waals surface area contributed by atoms with Gasteiger partial charge in [0.1, 0.15) is 5.75 Å². The monoisotopic (exact) mass is 487 g/mol. The molecule has 0 atom stereocenters. The average Bonchev–Trinajstić information content (AvgIpc) is 3.25. The Hall–Kier alpha value is -3.54. The fourth-order valence-electron chi connectivity index (χ4n) is 4.50. The van der Waals surface area contributed by atoms with Crippen molar-refractivity contribution in [1.29, 1.82) is 0 Å². The first kappa shape index (κ1) is 27.1. The van der Waals surface area contributed by atoms with Crippen LogP contribution in [0.2, 0.25) is 0 Å². The van der Waals surface area contributed by atoms with Crippen molar-refractivity contribution in [3.63, 3.8) is 0 Å². The molecule has 0 spiro atoms. The molecule has 6 nitrogen and oxygen atoms in total. The Morgan fingerprint density at radius 3 is 2.33 bits per heavy atom. The van der Waals surface area contributed by atoms with Gasteiger partial charge in [0, 0.05) is 68.0 Å². The summed E-state index contributed by atoms with van der Waals surface area (Å²) in [5, 5.41) is 5.45. The molecule has 1 aliphatic carbocycles. The van der Waals surface area contributed by atoms with Crippen LogP contribution in [0.3, 0.4) is 0 Å². The molecule has 2 heterocycles. The van der Waals surface area contributed by atoms with E-state index in [0.29, 0.717) is 0 Å². The first-order valence-electron chi connectivity index (χ1n) is 12.7. The maximum atomic E-state index is 5.77. The number of rotatable bonds is 7. The van der Waals surface area contributed by atoms with Crippen LogP contribution in [-0.2, 0) is 7.05 Å². The zero-order chi connectivity index (χ0) is 26.6. The number of fused-ring (bicyclic) bond motifs is 1. The van der Waals surface area contributed by atoms with E-state index in [2.05, 4.69) is 68.6 Å². The van der Waals surface area contributed by atoms with Crippen LogP contribution in [0.5, 0.6) is 5.75 Å². The number of nitrogens with zero attached hydrogens (tertiary/aromatic N) is 5. The van der Waals surface area contributed by atoms with Crippen molar-refractivity contribution in [2.24, 2.45) is 7.05 Å². The summed E-state index contributed by atoms with van der Waals surface area (Å²) in [7, 11) is 7.73. The maximum absolute atomic E-state index is 5.77. The molecule has 2 aromatic heterocycles. The van der Waals surface area contributed by atoms with Crippen LogP contribution in [0.4, 0.5) is 5.69 Å². The molecule has 0 N–H and O–H groups in total. The standard InChI is InChI=1S/C28H35N5O.C2H6/c1-18(2)26(17-31(5)6)33(20(4)21-10-9-11-21)28-19(3)14-29-25-13-27(34-8)23(12-24(25)28)22-15-30-32(7)16-22;1-2/h12-17H,1,9-11H2,2-8H3;1-2H3/b26-17+;. The van der Waals surface area contributed by atoms with Gasteiger partial charge in [-0.15, -0.1) is 0 Å². The third-order valence-electron chi connectivity index (χ3n) is 6.45. The highest BCUT2D eigenvalue weighted by Crippen LogP contribution is 2.43. The second-order valence-corrected chi connectivity index (χ2v) is 9.40. The van der Waals surface area contributed by atoms with Crippen LogP contribution in [0.1, 0.15) is 52.5 Å². The van der Waals surface area contributed by atoms with Crippen LogP contribution < -0.4 is 9.64 Å². The van der Waals surface area contributed by atoms with Crippen LogP contribution in [0.15, 0.2) is 66.0 Å². The lowest BCUT2D eigenvalue weighted by atomic mass is 9.89. The fourth-order valence-corrected chi connectivity index (χ4v) is 4.50. The van der Waals surface area contributed by atoms with Gasteiger partial charge in [0.2, 0.25) is 0 Å². The maximum Gasteiger partial charge on any atom is 0.128 e. The van der Waals surface area contributed by atoms with E-state index >= 15 is 0 Å². The molecule has 1 aromatic carbocycles. The molecule has 0 amide bonds. The van der Waals surface area contributed by atoms with E-state index in [9.17, 15) is 0 Å². The first-order chi connectivity index (χ1) is 17.2. The Morgan fingerprint density at radius 1 is 1.14 bits per heavy atom. The first-order valence-corrected chi connectivity index (χ1v) is 12.7. The van der Waals surface area contributed by atoms with Gasteiger partial charge in [-0.25, -0.2) is 0 Å². The minimum absolute atomic E-state index is 0.785. The molecule has 1 aliphatic rings. The van der Waals surface area contributed by atoms with Gasteiger partial charge in [-0.1, -0.05) is 26.0 Å². The quantitative estimate of drug-likeness (QED) is 0.329. The summed E-state index contributed by atoms with van der Waals surface area (Å²) < 4.78 is 7.58. The minimum atomic E-state index is 0.785. The lowest BCUT2D eigenvalue weighted by Gasteiger charge is -2.35. The largest absolute Gasteiger partial charge is 0.496 e. The van der Waals surface area contributed by atoms with Gasteiger partial charge in [-0.3, -0.25) is 9.67 Å². The van der Waals surface area contributed by atoms with Crippen molar-refractivity contribution in [2.75, 3.05) is 26.1 Å². The molecule has 0 aliphatic heterocycles. The SMILES string of the molecule is C=C(C)/C(=C\N(C)C)N(C(C)=C1CCC1)c1c(C)cnc2cc(OC)c(-c3cnn(C)c3)cc12.CC. The second-order valence-electron chi connectivity index (χ2n) is 9.40. The molecule has 1 fully saturated rings. The van der Waals surface area contributed by atoms with Gasteiger partial charge < -0.3 is 14.5 Å². The molecule has 0 radical (unpaired) electrons. The number of allylic oxidation sites excluding steroid dienone is 3. The summed E-state index contributed by atoms with van der Waals surface area (Å²) in [4.78, 5) is 9.25. The second kappa shape index (κ2) is 11.5. The summed E-state index contributed by atoms with van der Waals surface area (Å²) in [5.41, 5.74) is 10.0. The summed E-state index contributed by atoms with van der Waals surface area (Å²) in [5.74, 6) is 0.785. The molecular weight excluding hydrogens is 446 g/mol. The number of anilines is 1. The number of methoxy groups -OCH3 is 1. The molecule has 3 aromatic rings. The van der Waals surface area contributed by atoms with E-state index in [1.807, 2.05) is 50.2 Å². The summed E-state index contributed by atoms with van der Waals surface area (Å²) >= 11 is 0. The van der Waals surface area contributed by atoms with E-state index in [-0.39, 0.29) is 0 Å². The zero-order valence-corrected chi connectivity index (χ0v) is 23.4. The summed E-state index contributed by atoms with van der Waals surface area (Å²) in [6, 6.07) is 4.22. The van der Waals surface area contributed by atoms with Crippen LogP contribution in [0, 0.1) is 6.92 Å². The van der Waals surface area contributed by atoms with E-state index in [4.69, 9.17) is 9.72 Å². The molecule has 6 heteroatoms. The van der Waals surface area contributed by atoms with E-state index < -0.39 is 0 Å². The van der Waals surface area contributed by atoms with Crippen molar-refractivity contribution in [3.8, 4) is 16.9 Å². The van der Waals surface area contributed by atoms with Crippen molar-refractivity contribution in [2.45, 2.75) is 53.9 Å². The highest BCUT2D eigenvalue weighted by molar-refractivity contribution is 5.99. The molecule has 36 heavy (non-hydrogen) atoms. The molecule has 1 saturated carbocycles. The molecule has 0 bridgehead atoms. The molecular formula is C30H41N5O. The van der Waals surface area contributed by atoms with Gasteiger partial charge in [0.15, 0.2) is 0 Å². The number of hydrogen-bond donors (Lipinski definition) is 0. The molecule has 0 saturated heterocycles. The molecule has 192 valence electrons. The molecule has 4 rings (SSSR count). The minimum Gasteiger partial charge on any atom is -0.496 e. The molecule has 0 unspecified atom stereocenters. The van der Waals surface area contributed by atoms with Gasteiger partial charge in [-0.05, 0) is 57.2 Å². The zero-order valence-electron chi connectivity index (χ0n) is 23.4. The smallest absolute Gasteiger partial charge is 0.128 e. The van der Waals surface area contributed by atoms with Gasteiger partial charge in [0.25, 0.3) is 0 Å². The van der Waals surface area contributed by atoms with Crippen LogP contribution in [-0.4, -0.2) is 40.9 Å². The third kappa shape index (κ3) is 5.32. The fraction of sp³-hybridized carbons (Fsp3) is 0.400. The highest BCUT2D eigenvalue weighted by Gasteiger charge is 2.25. The third-order valence-corrected chi connectivity index (χ3v) is 6.45. The topological polar surface area (TPSA) is 46.4 Å². The highest BCUT2D eigenvalue weighted by atomic mass is 16.5. The summed E-state index contributed by atoms with van der Waals surface area (Å²) in [6.45, 7) is 14.8. The predicted molar refractivity (Wildman–Crippen MR) is 152 cm³/mol. The van der Waals surface area contributed by atoms with Crippen molar-refractivity contribution in [1.82, 2.24) is 19.7 Å². The van der Waals surface area contributed by atoms with E-state index in [1.54, 1.807) is 7.11 Å². The van der Waals surface area contributed by atoms with E-state index in [0.717, 1.165) is 63.1 Å². The Balaban J connectivity index is 0.00000176. The Morgan fingerprint density at radius 2 is 1.83 bits per heavy atom. The van der Waals surface area contributed by atoms with Crippen molar-refractivity contribution < 1.29 is 4.74 Å². The van der Waals surface area contributed by atoms with Gasteiger partial charge in [-0.2, -0.15) is 5.10 Å². The summed E-state index contributed by atoms with van der Waals surface area (Å²) in [6.07, 6.45) is 11.5. The van der Waals surface area contributed by atoms with Crippen LogP contribution >= 0.6 is 0 Å². The normalized spacial score (nSPS) is 13.0. The number of aromatic nitrogens is 3.